The van der Waals surface area contributed by atoms with Gasteiger partial charge in [-0.25, -0.2) is 0 Å². The Morgan fingerprint density at radius 3 is 2.36 bits per heavy atom. The van der Waals surface area contributed by atoms with E-state index in [0.717, 1.165) is 0 Å². The van der Waals surface area contributed by atoms with Gasteiger partial charge in [0.05, 0.1) is 22.3 Å². The largest absolute Gasteiger partial charge is 0.490 e. The van der Waals surface area contributed by atoms with Crippen molar-refractivity contribution >= 4 is 64.1 Å². The molecule has 0 atom stereocenters. The van der Waals surface area contributed by atoms with Gasteiger partial charge < -0.3 is 20.1 Å². The molecule has 2 amide bonds. The number of halogens is 3. The molecule has 0 radical (unpaired) electrons. The summed E-state index contributed by atoms with van der Waals surface area (Å²) in [4.78, 5) is 24.9. The fraction of sp³-hybridized carbons (Fsp3) is 0.115. The van der Waals surface area contributed by atoms with Crippen LogP contribution in [0.15, 0.2) is 66.2 Å². The number of amides is 2. The Bertz CT molecular complexity index is 1340. The summed E-state index contributed by atoms with van der Waals surface area (Å²) in [6, 6.07) is 18.2. The van der Waals surface area contributed by atoms with Crippen LogP contribution in [0, 0.1) is 11.3 Å². The zero-order valence-electron chi connectivity index (χ0n) is 19.0. The molecular formula is C26H20Cl3N3O4. The highest BCUT2D eigenvalue weighted by Crippen LogP contribution is 2.37. The minimum Gasteiger partial charge on any atom is -0.490 e. The van der Waals surface area contributed by atoms with Crippen LogP contribution in [0.3, 0.4) is 0 Å². The van der Waals surface area contributed by atoms with Gasteiger partial charge in [0.1, 0.15) is 11.6 Å². The number of nitrogens with zero attached hydrogens (tertiary/aromatic N) is 1. The van der Waals surface area contributed by atoms with Crippen molar-refractivity contribution in [2.75, 3.05) is 23.8 Å². The van der Waals surface area contributed by atoms with Crippen molar-refractivity contribution in [3.8, 4) is 17.6 Å². The zero-order valence-corrected chi connectivity index (χ0v) is 21.2. The Kier molecular flexibility index (Phi) is 9.60. The molecule has 0 heterocycles. The number of hydrogen-bond donors (Lipinski definition) is 2. The lowest BCUT2D eigenvalue weighted by Gasteiger charge is -2.15. The SMILES string of the molecule is CCOc1cc(/C=C(/C#N)C(=O)Nc2ccc(Cl)cc2)cc(Cl)c1OCC(=O)Nc1ccccc1Cl. The van der Waals surface area contributed by atoms with Gasteiger partial charge in [0.15, 0.2) is 18.1 Å². The van der Waals surface area contributed by atoms with Crippen LogP contribution in [0.4, 0.5) is 11.4 Å². The number of carbonyl (C=O) groups excluding carboxylic acids is 2. The van der Waals surface area contributed by atoms with Crippen LogP contribution in [0.5, 0.6) is 11.5 Å². The fourth-order valence-corrected chi connectivity index (χ4v) is 3.59. The van der Waals surface area contributed by atoms with E-state index >= 15 is 0 Å². The third-order valence-corrected chi connectivity index (χ3v) is 5.47. The van der Waals surface area contributed by atoms with Gasteiger partial charge in [0, 0.05) is 10.7 Å². The van der Waals surface area contributed by atoms with E-state index in [-0.39, 0.29) is 35.3 Å². The van der Waals surface area contributed by atoms with Crippen molar-refractivity contribution in [3.63, 3.8) is 0 Å². The standard InChI is InChI=1S/C26H20Cl3N3O4/c1-2-35-23-13-16(11-17(14-30)26(34)31-19-9-7-18(27)8-10-19)12-21(29)25(23)36-15-24(33)32-22-6-4-3-5-20(22)28/h3-13H,2,15H2,1H3,(H,31,34)(H,32,33)/b17-11-. The van der Waals surface area contributed by atoms with Gasteiger partial charge in [-0.2, -0.15) is 5.26 Å². The number of nitriles is 1. The van der Waals surface area contributed by atoms with Gasteiger partial charge >= 0.3 is 0 Å². The Hall–Kier alpha value is -3.70. The van der Waals surface area contributed by atoms with Crippen molar-refractivity contribution in [1.82, 2.24) is 0 Å². The maximum absolute atomic E-state index is 12.6. The molecule has 0 saturated heterocycles. The Morgan fingerprint density at radius 2 is 1.69 bits per heavy atom. The molecule has 3 aromatic rings. The highest BCUT2D eigenvalue weighted by Gasteiger charge is 2.16. The third-order valence-electron chi connectivity index (χ3n) is 4.61. The molecule has 0 aromatic heterocycles. The average Bonchev–Trinajstić information content (AvgIpc) is 2.85. The van der Waals surface area contributed by atoms with Gasteiger partial charge in [0.2, 0.25) is 0 Å². The summed E-state index contributed by atoms with van der Waals surface area (Å²) in [6.07, 6.45) is 1.37. The molecule has 0 fully saturated rings. The molecular weight excluding hydrogens is 525 g/mol. The molecule has 0 aliphatic carbocycles. The van der Waals surface area contributed by atoms with E-state index in [9.17, 15) is 14.9 Å². The minimum atomic E-state index is -0.606. The molecule has 0 aliphatic heterocycles. The Morgan fingerprint density at radius 1 is 0.972 bits per heavy atom. The minimum absolute atomic E-state index is 0.133. The molecule has 3 rings (SSSR count). The molecule has 0 spiro atoms. The molecule has 0 saturated carbocycles. The fourth-order valence-electron chi connectivity index (χ4n) is 3.01. The molecule has 3 aromatic carbocycles. The van der Waals surface area contributed by atoms with E-state index in [1.54, 1.807) is 61.5 Å². The van der Waals surface area contributed by atoms with Crippen LogP contribution in [-0.2, 0) is 9.59 Å². The normalized spacial score (nSPS) is 10.8. The summed E-state index contributed by atoms with van der Waals surface area (Å²) in [5.74, 6) is -0.659. The third kappa shape index (κ3) is 7.40. The predicted molar refractivity (Wildman–Crippen MR) is 142 cm³/mol. The molecule has 36 heavy (non-hydrogen) atoms. The van der Waals surface area contributed by atoms with E-state index in [1.807, 2.05) is 6.07 Å². The Balaban J connectivity index is 1.77. The molecule has 184 valence electrons. The lowest BCUT2D eigenvalue weighted by atomic mass is 10.1. The van der Waals surface area contributed by atoms with Gasteiger partial charge in [0.25, 0.3) is 11.8 Å². The molecule has 0 bridgehead atoms. The summed E-state index contributed by atoms with van der Waals surface area (Å²) in [5, 5.41) is 15.8. The van der Waals surface area contributed by atoms with Gasteiger partial charge in [-0.3, -0.25) is 9.59 Å². The van der Waals surface area contributed by atoms with E-state index in [1.165, 1.54) is 12.1 Å². The van der Waals surface area contributed by atoms with Crippen LogP contribution in [-0.4, -0.2) is 25.0 Å². The number of nitrogens with one attached hydrogen (secondary N) is 2. The second-order valence-corrected chi connectivity index (χ2v) is 8.46. The molecule has 0 unspecified atom stereocenters. The number of ether oxygens (including phenoxy) is 2. The number of hydrogen-bond acceptors (Lipinski definition) is 5. The highest BCUT2D eigenvalue weighted by atomic mass is 35.5. The molecule has 2 N–H and O–H groups in total. The van der Waals surface area contributed by atoms with Crippen molar-refractivity contribution in [2.24, 2.45) is 0 Å². The van der Waals surface area contributed by atoms with Crippen molar-refractivity contribution in [3.05, 3.63) is 86.9 Å². The van der Waals surface area contributed by atoms with Crippen LogP contribution in [0.2, 0.25) is 15.1 Å². The number of benzene rings is 3. The second kappa shape index (κ2) is 12.8. The van der Waals surface area contributed by atoms with E-state index in [2.05, 4.69) is 10.6 Å². The number of para-hydroxylation sites is 1. The van der Waals surface area contributed by atoms with Crippen LogP contribution < -0.4 is 20.1 Å². The lowest BCUT2D eigenvalue weighted by Crippen LogP contribution is -2.20. The van der Waals surface area contributed by atoms with Crippen molar-refractivity contribution in [1.29, 1.82) is 5.26 Å². The molecule has 7 nitrogen and oxygen atoms in total. The van der Waals surface area contributed by atoms with E-state index in [0.29, 0.717) is 27.0 Å². The van der Waals surface area contributed by atoms with Gasteiger partial charge in [-0.05, 0) is 67.1 Å². The Labute approximate surface area is 223 Å². The predicted octanol–water partition coefficient (Wildman–Crippen LogP) is 6.61. The second-order valence-electron chi connectivity index (χ2n) is 7.21. The summed E-state index contributed by atoms with van der Waals surface area (Å²) in [6.45, 7) is 1.70. The van der Waals surface area contributed by atoms with Crippen molar-refractivity contribution < 1.29 is 19.1 Å². The average molecular weight is 545 g/mol. The molecule has 10 heteroatoms. The zero-order chi connectivity index (χ0) is 26.1. The first-order chi connectivity index (χ1) is 17.3. The maximum atomic E-state index is 12.6. The van der Waals surface area contributed by atoms with E-state index < -0.39 is 11.8 Å². The highest BCUT2D eigenvalue weighted by molar-refractivity contribution is 6.34. The summed E-state index contributed by atoms with van der Waals surface area (Å²) in [5.41, 5.74) is 1.21. The monoisotopic (exact) mass is 543 g/mol. The first-order valence-electron chi connectivity index (χ1n) is 10.6. The first-order valence-corrected chi connectivity index (χ1v) is 11.8. The van der Waals surface area contributed by atoms with Crippen molar-refractivity contribution in [2.45, 2.75) is 6.92 Å². The van der Waals surface area contributed by atoms with E-state index in [4.69, 9.17) is 44.3 Å². The lowest BCUT2D eigenvalue weighted by molar-refractivity contribution is -0.118. The molecule has 0 aliphatic rings. The summed E-state index contributed by atoms with van der Waals surface area (Å²) < 4.78 is 11.3. The topological polar surface area (TPSA) is 100 Å². The van der Waals surface area contributed by atoms with Gasteiger partial charge in [-0.15, -0.1) is 0 Å². The van der Waals surface area contributed by atoms with Crippen LogP contribution in [0.1, 0.15) is 12.5 Å². The summed E-state index contributed by atoms with van der Waals surface area (Å²) >= 11 is 18.3. The quantitative estimate of drug-likeness (QED) is 0.233. The number of carbonyl (C=O) groups is 2. The van der Waals surface area contributed by atoms with Gasteiger partial charge in [-0.1, -0.05) is 46.9 Å². The smallest absolute Gasteiger partial charge is 0.266 e. The maximum Gasteiger partial charge on any atom is 0.266 e. The first kappa shape index (κ1) is 26.9. The number of anilines is 2. The summed E-state index contributed by atoms with van der Waals surface area (Å²) in [7, 11) is 0. The number of rotatable bonds is 9. The van der Waals surface area contributed by atoms with Crippen LogP contribution in [0.25, 0.3) is 6.08 Å². The van der Waals surface area contributed by atoms with Crippen LogP contribution >= 0.6 is 34.8 Å².